The standard InChI is InChI=1S/C13H15N3O/c1-14-6-10-5-12(17-2)3-4-13(10)11-7-15-9-16-8-11/h3-5,7-9,14H,6H2,1-2H3. The smallest absolute Gasteiger partial charge is 0.119 e. The summed E-state index contributed by atoms with van der Waals surface area (Å²) in [6.45, 7) is 0.779. The van der Waals surface area contributed by atoms with Crippen molar-refractivity contribution in [3.63, 3.8) is 0 Å². The van der Waals surface area contributed by atoms with E-state index in [0.29, 0.717) is 0 Å². The SMILES string of the molecule is CNCc1cc(OC)ccc1-c1cncnc1. The normalized spacial score (nSPS) is 10.2. The molecule has 4 nitrogen and oxygen atoms in total. The quantitative estimate of drug-likeness (QED) is 0.869. The molecule has 88 valence electrons. The van der Waals surface area contributed by atoms with Gasteiger partial charge in [-0.15, -0.1) is 0 Å². The molecular formula is C13H15N3O. The Morgan fingerprint density at radius 3 is 2.65 bits per heavy atom. The lowest BCUT2D eigenvalue weighted by Crippen LogP contribution is -2.06. The second kappa shape index (κ2) is 5.41. The van der Waals surface area contributed by atoms with Gasteiger partial charge in [-0.2, -0.15) is 0 Å². The molecule has 0 atom stereocenters. The molecule has 0 aliphatic carbocycles. The van der Waals surface area contributed by atoms with Crippen molar-refractivity contribution in [1.82, 2.24) is 15.3 Å². The topological polar surface area (TPSA) is 47.0 Å². The number of nitrogens with zero attached hydrogens (tertiary/aromatic N) is 2. The van der Waals surface area contributed by atoms with Gasteiger partial charge in [-0.25, -0.2) is 9.97 Å². The van der Waals surface area contributed by atoms with Gasteiger partial charge in [-0.1, -0.05) is 6.07 Å². The maximum Gasteiger partial charge on any atom is 0.119 e. The molecule has 0 amide bonds. The monoisotopic (exact) mass is 229 g/mol. The van der Waals surface area contributed by atoms with Gasteiger partial charge in [0.05, 0.1) is 7.11 Å². The average molecular weight is 229 g/mol. The third kappa shape index (κ3) is 2.60. The number of methoxy groups -OCH3 is 1. The van der Waals surface area contributed by atoms with Gasteiger partial charge in [-0.3, -0.25) is 0 Å². The summed E-state index contributed by atoms with van der Waals surface area (Å²) in [4.78, 5) is 8.08. The molecule has 17 heavy (non-hydrogen) atoms. The van der Waals surface area contributed by atoms with Gasteiger partial charge in [0, 0.05) is 24.5 Å². The molecule has 0 fully saturated rings. The van der Waals surface area contributed by atoms with E-state index >= 15 is 0 Å². The highest BCUT2D eigenvalue weighted by Gasteiger charge is 2.06. The average Bonchev–Trinajstić information content (AvgIpc) is 2.40. The van der Waals surface area contributed by atoms with Gasteiger partial charge in [-0.05, 0) is 30.3 Å². The van der Waals surface area contributed by atoms with Crippen LogP contribution in [0.1, 0.15) is 5.56 Å². The van der Waals surface area contributed by atoms with Crippen LogP contribution >= 0.6 is 0 Å². The first kappa shape index (κ1) is 11.5. The van der Waals surface area contributed by atoms with Crippen molar-refractivity contribution < 1.29 is 4.74 Å². The maximum absolute atomic E-state index is 5.23. The number of nitrogens with one attached hydrogen (secondary N) is 1. The van der Waals surface area contributed by atoms with Gasteiger partial charge in [0.2, 0.25) is 0 Å². The highest BCUT2D eigenvalue weighted by atomic mass is 16.5. The first-order chi connectivity index (χ1) is 8.35. The fourth-order valence-electron chi connectivity index (χ4n) is 1.75. The van der Waals surface area contributed by atoms with Gasteiger partial charge < -0.3 is 10.1 Å². The second-order valence-corrected chi connectivity index (χ2v) is 3.68. The summed E-state index contributed by atoms with van der Waals surface area (Å²) in [7, 11) is 3.59. The molecule has 0 spiro atoms. The highest BCUT2D eigenvalue weighted by Crippen LogP contribution is 2.26. The molecule has 0 saturated carbocycles. The highest BCUT2D eigenvalue weighted by molar-refractivity contribution is 5.66. The number of benzene rings is 1. The van der Waals surface area contributed by atoms with Gasteiger partial charge in [0.15, 0.2) is 0 Å². The molecule has 1 N–H and O–H groups in total. The van der Waals surface area contributed by atoms with Crippen LogP contribution in [0, 0.1) is 0 Å². The molecule has 0 bridgehead atoms. The Bertz CT molecular complexity index is 485. The van der Waals surface area contributed by atoms with Crippen LogP contribution in [0.4, 0.5) is 0 Å². The predicted molar refractivity (Wildman–Crippen MR) is 66.8 cm³/mol. The zero-order valence-corrected chi connectivity index (χ0v) is 9.97. The van der Waals surface area contributed by atoms with E-state index in [-0.39, 0.29) is 0 Å². The van der Waals surface area contributed by atoms with Gasteiger partial charge >= 0.3 is 0 Å². The fraction of sp³-hybridized carbons (Fsp3) is 0.231. The molecule has 0 saturated heterocycles. The van der Waals surface area contributed by atoms with E-state index in [2.05, 4.69) is 15.3 Å². The largest absolute Gasteiger partial charge is 0.497 e. The van der Waals surface area contributed by atoms with Crippen molar-refractivity contribution in [3.05, 3.63) is 42.5 Å². The molecule has 4 heteroatoms. The Labute approximate surface area is 101 Å². The van der Waals surface area contributed by atoms with Crippen LogP contribution in [0.3, 0.4) is 0 Å². The first-order valence-electron chi connectivity index (χ1n) is 5.42. The number of hydrogen-bond acceptors (Lipinski definition) is 4. The third-order valence-corrected chi connectivity index (χ3v) is 2.55. The summed E-state index contributed by atoms with van der Waals surface area (Å²) in [5.41, 5.74) is 3.31. The Morgan fingerprint density at radius 2 is 2.00 bits per heavy atom. The Kier molecular flexibility index (Phi) is 3.67. The van der Waals surface area contributed by atoms with E-state index in [1.54, 1.807) is 7.11 Å². The number of ether oxygens (including phenoxy) is 1. The Morgan fingerprint density at radius 1 is 1.24 bits per heavy atom. The van der Waals surface area contributed by atoms with E-state index in [4.69, 9.17) is 4.74 Å². The van der Waals surface area contributed by atoms with Crippen LogP contribution in [0.2, 0.25) is 0 Å². The van der Waals surface area contributed by atoms with Gasteiger partial charge in [0.25, 0.3) is 0 Å². The maximum atomic E-state index is 5.23. The van der Waals surface area contributed by atoms with Crippen LogP contribution < -0.4 is 10.1 Å². The molecule has 0 aliphatic heterocycles. The van der Waals surface area contributed by atoms with Crippen molar-refractivity contribution in [3.8, 4) is 16.9 Å². The molecule has 1 aromatic carbocycles. The summed E-state index contributed by atoms with van der Waals surface area (Å²) in [6.07, 6.45) is 5.16. The lowest BCUT2D eigenvalue weighted by Gasteiger charge is -2.10. The van der Waals surface area contributed by atoms with Gasteiger partial charge in [0.1, 0.15) is 12.1 Å². The summed E-state index contributed by atoms with van der Waals surface area (Å²) in [5, 5.41) is 3.15. The fourth-order valence-corrected chi connectivity index (χ4v) is 1.75. The molecule has 2 rings (SSSR count). The number of rotatable bonds is 4. The molecule has 1 aromatic heterocycles. The minimum atomic E-state index is 0.779. The van der Waals surface area contributed by atoms with Crippen molar-refractivity contribution >= 4 is 0 Å². The van der Waals surface area contributed by atoms with Crippen molar-refractivity contribution in [2.75, 3.05) is 14.2 Å². The van der Waals surface area contributed by atoms with Crippen LogP contribution in [0.15, 0.2) is 36.9 Å². The van der Waals surface area contributed by atoms with E-state index in [1.165, 1.54) is 11.9 Å². The summed E-state index contributed by atoms with van der Waals surface area (Å²) < 4.78 is 5.23. The third-order valence-electron chi connectivity index (χ3n) is 2.55. The lowest BCUT2D eigenvalue weighted by molar-refractivity contribution is 0.414. The molecule has 2 aromatic rings. The molecule has 1 heterocycles. The van der Waals surface area contributed by atoms with E-state index in [9.17, 15) is 0 Å². The summed E-state index contributed by atoms with van der Waals surface area (Å²) >= 11 is 0. The second-order valence-electron chi connectivity index (χ2n) is 3.68. The van der Waals surface area contributed by atoms with E-state index in [1.807, 2.05) is 37.6 Å². The minimum absolute atomic E-state index is 0.779. The molecular weight excluding hydrogens is 214 g/mol. The zero-order chi connectivity index (χ0) is 12.1. The molecule has 0 radical (unpaired) electrons. The van der Waals surface area contributed by atoms with Crippen molar-refractivity contribution in [2.24, 2.45) is 0 Å². The van der Waals surface area contributed by atoms with Crippen LogP contribution in [-0.2, 0) is 6.54 Å². The number of hydrogen-bond donors (Lipinski definition) is 1. The van der Waals surface area contributed by atoms with Crippen molar-refractivity contribution in [2.45, 2.75) is 6.54 Å². The van der Waals surface area contributed by atoms with Crippen molar-refractivity contribution in [1.29, 1.82) is 0 Å². The molecule has 0 unspecified atom stereocenters. The number of aromatic nitrogens is 2. The summed E-state index contributed by atoms with van der Waals surface area (Å²) in [5.74, 6) is 0.857. The first-order valence-corrected chi connectivity index (χ1v) is 5.42. The lowest BCUT2D eigenvalue weighted by atomic mass is 10.0. The minimum Gasteiger partial charge on any atom is -0.497 e. The van der Waals surface area contributed by atoms with Crippen LogP contribution in [0.5, 0.6) is 5.75 Å². The Balaban J connectivity index is 2.46. The van der Waals surface area contributed by atoms with Crippen LogP contribution in [0.25, 0.3) is 11.1 Å². The van der Waals surface area contributed by atoms with Crippen LogP contribution in [-0.4, -0.2) is 24.1 Å². The summed E-state index contributed by atoms with van der Waals surface area (Å²) in [6, 6.07) is 6.00. The van der Waals surface area contributed by atoms with E-state index < -0.39 is 0 Å². The molecule has 0 aliphatic rings. The zero-order valence-electron chi connectivity index (χ0n) is 9.97. The Hall–Kier alpha value is -1.94. The predicted octanol–water partition coefficient (Wildman–Crippen LogP) is 1.87. The van der Waals surface area contributed by atoms with E-state index in [0.717, 1.165) is 23.4 Å².